The number of hydrogen-bond acceptors (Lipinski definition) is 6. The quantitative estimate of drug-likeness (QED) is 0.100. The minimum absolute atomic E-state index is 0.662. The van der Waals surface area contributed by atoms with Crippen LogP contribution in [-0.4, -0.2) is 19.9 Å². The molecule has 0 aliphatic rings. The first kappa shape index (κ1) is 45.9. The molecular formula is C67H46N4O2P2. The van der Waals surface area contributed by atoms with Crippen LogP contribution in [-0.2, 0) is 9.13 Å². The van der Waals surface area contributed by atoms with Crippen LogP contribution in [0.5, 0.6) is 0 Å². The van der Waals surface area contributed by atoms with Crippen LogP contribution in [0.3, 0.4) is 0 Å². The zero-order valence-corrected chi connectivity index (χ0v) is 42.6. The van der Waals surface area contributed by atoms with Crippen LogP contribution in [0.15, 0.2) is 261 Å². The van der Waals surface area contributed by atoms with Gasteiger partial charge in [0.1, 0.15) is 0 Å². The molecule has 0 aliphatic carbocycles. The monoisotopic (exact) mass is 1000 g/mol. The maximum absolute atomic E-state index is 16.3. The van der Waals surface area contributed by atoms with Gasteiger partial charge in [-0.2, -0.15) is 0 Å². The molecule has 4 heterocycles. The van der Waals surface area contributed by atoms with Crippen LogP contribution in [0.1, 0.15) is 5.56 Å². The molecule has 0 aliphatic heterocycles. The van der Waals surface area contributed by atoms with Gasteiger partial charge in [-0.3, -0.25) is 0 Å². The fraction of sp³-hybridized carbons (Fsp3) is 0.0149. The Morgan fingerprint density at radius 3 is 0.920 bits per heavy atom. The van der Waals surface area contributed by atoms with Gasteiger partial charge >= 0.3 is 0 Å². The molecule has 13 rings (SSSR count). The van der Waals surface area contributed by atoms with Crippen LogP contribution in [0.25, 0.3) is 88.6 Å². The standard InChI is InChI=1S/C67H46N4O2P2/c1-45-16-14-17-50(40-45)60-36-32-46-28-30-48-34-38-62(70-66(48)64(46)68-60)52-41-53(44-59(43-52)75(73,56-23-10-4-11-24-56)57-25-12-5-13-26-57)63-39-35-49-31-29-47-33-37-61(69-65(47)67(49)71-63)51-18-15-27-58(42-51)74(72,54-19-6-2-7-20-54)55-21-8-3-9-22-55/h2-44H,1H3. The first-order chi connectivity index (χ1) is 36.8. The van der Waals surface area contributed by atoms with Crippen molar-refractivity contribution in [2.75, 3.05) is 0 Å². The van der Waals surface area contributed by atoms with Crippen molar-refractivity contribution >= 4 is 89.7 Å². The van der Waals surface area contributed by atoms with Crippen molar-refractivity contribution in [3.63, 3.8) is 0 Å². The summed E-state index contributed by atoms with van der Waals surface area (Å²) in [4.78, 5) is 21.5. The Morgan fingerprint density at radius 1 is 0.253 bits per heavy atom. The predicted octanol–water partition coefficient (Wildman–Crippen LogP) is 14.1. The summed E-state index contributed by atoms with van der Waals surface area (Å²) in [5, 5.41) is 8.22. The third-order valence-corrected chi connectivity index (χ3v) is 20.3. The molecule has 13 aromatic rings. The second kappa shape index (κ2) is 18.8. The van der Waals surface area contributed by atoms with E-state index in [1.165, 1.54) is 5.56 Å². The van der Waals surface area contributed by atoms with E-state index in [1.54, 1.807) is 0 Å². The molecule has 8 heteroatoms. The van der Waals surface area contributed by atoms with Crippen LogP contribution in [0.2, 0.25) is 0 Å². The first-order valence-corrected chi connectivity index (χ1v) is 28.4. The van der Waals surface area contributed by atoms with Crippen molar-refractivity contribution in [2.24, 2.45) is 0 Å². The number of benzene rings is 9. The summed E-state index contributed by atoms with van der Waals surface area (Å²) in [6.45, 7) is 2.09. The lowest BCUT2D eigenvalue weighted by atomic mass is 10.0. The van der Waals surface area contributed by atoms with Gasteiger partial charge in [-0.05, 0) is 61.5 Å². The minimum atomic E-state index is -3.49. The van der Waals surface area contributed by atoms with Crippen molar-refractivity contribution < 1.29 is 9.13 Å². The Labute approximate surface area is 434 Å². The van der Waals surface area contributed by atoms with E-state index in [0.29, 0.717) is 11.0 Å². The second-order valence-corrected chi connectivity index (χ2v) is 24.5. The summed E-state index contributed by atoms with van der Waals surface area (Å²) < 4.78 is 31.7. The lowest BCUT2D eigenvalue weighted by Crippen LogP contribution is -2.25. The van der Waals surface area contributed by atoms with Crippen molar-refractivity contribution in [2.45, 2.75) is 6.92 Å². The molecule has 4 aromatic heterocycles. The number of aromatic nitrogens is 4. The molecule has 0 atom stereocenters. The fourth-order valence-corrected chi connectivity index (χ4v) is 15.8. The number of pyridine rings is 4. The molecule has 0 spiro atoms. The molecular weight excluding hydrogens is 955 g/mol. The van der Waals surface area contributed by atoms with E-state index in [9.17, 15) is 0 Å². The summed E-state index contributed by atoms with van der Waals surface area (Å²) in [6, 6.07) is 86.4. The number of hydrogen-bond donors (Lipinski definition) is 0. The second-order valence-electron chi connectivity index (χ2n) is 19.0. The van der Waals surface area contributed by atoms with E-state index >= 15 is 9.13 Å². The summed E-state index contributed by atoms with van der Waals surface area (Å²) in [5.74, 6) is 0. The SMILES string of the molecule is Cc1cccc(-c2ccc3ccc4ccc(-c5cc(-c6ccc7ccc8ccc(-c9cccc(P(=O)(c%10ccccc%10)c%10ccccc%10)c9)nc8c7n6)cc(P(=O)(c6ccccc6)c6ccccc6)c5)nc4c3n2)c1. The van der Waals surface area contributed by atoms with Gasteiger partial charge in [-0.1, -0.05) is 212 Å². The van der Waals surface area contributed by atoms with E-state index < -0.39 is 14.3 Å². The molecule has 356 valence electrons. The number of nitrogens with zero attached hydrogens (tertiary/aromatic N) is 4. The average molecular weight is 1000 g/mol. The number of fused-ring (bicyclic) bond motifs is 6. The highest BCUT2D eigenvalue weighted by atomic mass is 31.2. The van der Waals surface area contributed by atoms with Gasteiger partial charge in [0.2, 0.25) is 0 Å². The molecule has 0 amide bonds. The smallest absolute Gasteiger partial charge is 0.171 e. The predicted molar refractivity (Wildman–Crippen MR) is 313 cm³/mol. The zero-order chi connectivity index (χ0) is 50.5. The van der Waals surface area contributed by atoms with Crippen molar-refractivity contribution in [1.82, 2.24) is 19.9 Å². The highest BCUT2D eigenvalue weighted by Gasteiger charge is 2.32. The van der Waals surface area contributed by atoms with E-state index in [4.69, 9.17) is 19.9 Å². The van der Waals surface area contributed by atoms with Crippen LogP contribution in [0, 0.1) is 6.92 Å². The Balaban J connectivity index is 0.987. The highest BCUT2D eigenvalue weighted by molar-refractivity contribution is 7.85. The third-order valence-electron chi connectivity index (χ3n) is 14.2. The van der Waals surface area contributed by atoms with E-state index in [-0.39, 0.29) is 0 Å². The topological polar surface area (TPSA) is 85.7 Å². The third kappa shape index (κ3) is 8.26. The Hall–Kier alpha value is -8.92. The molecule has 75 heavy (non-hydrogen) atoms. The fourth-order valence-electron chi connectivity index (χ4n) is 10.4. The molecule has 9 aromatic carbocycles. The van der Waals surface area contributed by atoms with E-state index in [0.717, 1.165) is 109 Å². The highest BCUT2D eigenvalue weighted by Crippen LogP contribution is 2.45. The molecule has 0 N–H and O–H groups in total. The van der Waals surface area contributed by atoms with Crippen LogP contribution in [0.4, 0.5) is 0 Å². The van der Waals surface area contributed by atoms with Gasteiger partial charge in [0, 0.05) is 75.6 Å². The van der Waals surface area contributed by atoms with Gasteiger partial charge in [-0.15, -0.1) is 0 Å². The van der Waals surface area contributed by atoms with Gasteiger partial charge in [-0.25, -0.2) is 19.9 Å². The van der Waals surface area contributed by atoms with Crippen LogP contribution < -0.4 is 31.8 Å². The van der Waals surface area contributed by atoms with Crippen molar-refractivity contribution in [3.05, 3.63) is 266 Å². The molecule has 6 nitrogen and oxygen atoms in total. The molecule has 0 fully saturated rings. The summed E-state index contributed by atoms with van der Waals surface area (Å²) in [7, 11) is -6.73. The molecule has 0 saturated carbocycles. The van der Waals surface area contributed by atoms with Gasteiger partial charge < -0.3 is 9.13 Å². The largest absolute Gasteiger partial charge is 0.309 e. The van der Waals surface area contributed by atoms with Gasteiger partial charge in [0.15, 0.2) is 14.3 Å². The zero-order valence-electron chi connectivity index (χ0n) is 40.8. The summed E-state index contributed by atoms with van der Waals surface area (Å²) in [6.07, 6.45) is 0. The summed E-state index contributed by atoms with van der Waals surface area (Å²) in [5.41, 5.74) is 10.7. The van der Waals surface area contributed by atoms with E-state index in [1.807, 2.05) is 176 Å². The van der Waals surface area contributed by atoms with Crippen molar-refractivity contribution in [3.8, 4) is 45.0 Å². The Kier molecular flexibility index (Phi) is 11.5. The Bertz CT molecular complexity index is 4350. The number of rotatable bonds is 10. The lowest BCUT2D eigenvalue weighted by molar-refractivity contribution is 0.591. The van der Waals surface area contributed by atoms with Gasteiger partial charge in [0.05, 0.1) is 44.8 Å². The lowest BCUT2D eigenvalue weighted by Gasteiger charge is -2.22. The maximum Gasteiger partial charge on any atom is 0.171 e. The van der Waals surface area contributed by atoms with Crippen molar-refractivity contribution in [1.29, 1.82) is 0 Å². The maximum atomic E-state index is 16.3. The average Bonchev–Trinajstić information content (AvgIpc) is 3.48. The summed E-state index contributed by atoms with van der Waals surface area (Å²) >= 11 is 0. The molecule has 0 bridgehead atoms. The number of aryl methyl sites for hydroxylation is 1. The minimum Gasteiger partial charge on any atom is -0.309 e. The molecule has 0 saturated heterocycles. The van der Waals surface area contributed by atoms with Gasteiger partial charge in [0.25, 0.3) is 0 Å². The Morgan fingerprint density at radius 2 is 0.547 bits per heavy atom. The molecule has 0 radical (unpaired) electrons. The van der Waals surface area contributed by atoms with E-state index in [2.05, 4.69) is 91.9 Å². The molecule has 0 unspecified atom stereocenters. The first-order valence-electron chi connectivity index (χ1n) is 25.0. The van der Waals surface area contributed by atoms with Crippen LogP contribution >= 0.6 is 14.3 Å². The normalized spacial score (nSPS) is 11.9.